The van der Waals surface area contributed by atoms with Crippen LogP contribution >= 0.6 is 23.2 Å². The summed E-state index contributed by atoms with van der Waals surface area (Å²) in [4.78, 5) is 44.5. The summed E-state index contributed by atoms with van der Waals surface area (Å²) >= 11 is 11.9. The van der Waals surface area contributed by atoms with Crippen LogP contribution in [0.2, 0.25) is 10.0 Å². The zero-order valence-corrected chi connectivity index (χ0v) is 35.8. The third-order valence-electron chi connectivity index (χ3n) is 9.34. The highest BCUT2D eigenvalue weighted by Crippen LogP contribution is 2.35. The van der Waals surface area contributed by atoms with E-state index in [1.54, 1.807) is 116 Å². The van der Waals surface area contributed by atoms with Crippen molar-refractivity contribution in [2.24, 2.45) is 14.1 Å². The number of anilines is 2. The number of rotatable bonds is 8. The summed E-state index contributed by atoms with van der Waals surface area (Å²) in [7, 11) is 3.51. The van der Waals surface area contributed by atoms with Gasteiger partial charge in [-0.05, 0) is 79.7 Å². The minimum Gasteiger partial charge on any atom is -0.481 e. The molecule has 5 heterocycles. The first-order valence-corrected chi connectivity index (χ1v) is 19.7. The summed E-state index contributed by atoms with van der Waals surface area (Å²) in [5.41, 5.74) is 11.2. The lowest BCUT2D eigenvalue weighted by atomic mass is 10.0. The third kappa shape index (κ3) is 9.68. The van der Waals surface area contributed by atoms with E-state index in [9.17, 15) is 18.4 Å². The lowest BCUT2D eigenvalue weighted by Crippen LogP contribution is -2.17. The number of esters is 1. The second-order valence-electron chi connectivity index (χ2n) is 13.7. The predicted molar refractivity (Wildman–Crippen MR) is 242 cm³/mol. The number of benzene rings is 4. The summed E-state index contributed by atoms with van der Waals surface area (Å²) in [6, 6.07) is 25.9. The maximum Gasteiger partial charge on any atom is 0.342 e. The molecule has 0 unspecified atom stereocenters. The van der Waals surface area contributed by atoms with Gasteiger partial charge in [0, 0.05) is 42.2 Å². The van der Waals surface area contributed by atoms with Crippen molar-refractivity contribution >= 4 is 79.5 Å². The van der Waals surface area contributed by atoms with Gasteiger partial charge in [-0.2, -0.15) is 10.2 Å². The van der Waals surface area contributed by atoms with Crippen LogP contribution in [-0.2, 0) is 23.6 Å². The van der Waals surface area contributed by atoms with Gasteiger partial charge in [-0.15, -0.1) is 0 Å². The number of nitrogens with one attached hydrogen (secondary N) is 3. The maximum absolute atomic E-state index is 14.0. The van der Waals surface area contributed by atoms with E-state index in [0.717, 1.165) is 12.6 Å². The van der Waals surface area contributed by atoms with Crippen LogP contribution in [0.1, 0.15) is 24.2 Å². The Morgan fingerprint density at radius 3 is 1.86 bits per heavy atom. The van der Waals surface area contributed by atoms with E-state index in [-0.39, 0.29) is 28.9 Å². The Balaban J connectivity index is 0.000000194. The highest BCUT2D eigenvalue weighted by atomic mass is 35.5. The Bertz CT molecular complexity index is 3200. The number of aromatic amines is 1. The van der Waals surface area contributed by atoms with E-state index >= 15 is 0 Å². The van der Waals surface area contributed by atoms with Crippen molar-refractivity contribution in [3.8, 4) is 28.2 Å². The van der Waals surface area contributed by atoms with Crippen molar-refractivity contribution in [3.63, 3.8) is 0 Å². The summed E-state index contributed by atoms with van der Waals surface area (Å²) in [5, 5.41) is 22.0. The van der Waals surface area contributed by atoms with Gasteiger partial charge in [0.2, 0.25) is 0 Å². The molecule has 0 aliphatic rings. The third-order valence-corrected chi connectivity index (χ3v) is 9.84. The Morgan fingerprint density at radius 2 is 1.30 bits per heavy atom. The average Bonchev–Trinajstić information content (AvgIpc) is 3.94. The molecule has 0 bridgehead atoms. The Kier molecular flexibility index (Phi) is 14.0. The van der Waals surface area contributed by atoms with Crippen molar-refractivity contribution in [3.05, 3.63) is 147 Å². The molecular weight excluding hydrogens is 873 g/mol. The van der Waals surface area contributed by atoms with Crippen LogP contribution in [0.5, 0.6) is 0 Å². The first-order chi connectivity index (χ1) is 30.2. The fourth-order valence-corrected chi connectivity index (χ4v) is 6.82. The molecule has 0 radical (unpaired) electrons. The number of carboxylic acids is 1. The van der Waals surface area contributed by atoms with Crippen molar-refractivity contribution in [2.75, 3.05) is 17.5 Å². The van der Waals surface area contributed by atoms with E-state index in [1.165, 1.54) is 28.9 Å². The first kappa shape index (κ1) is 45.8. The van der Waals surface area contributed by atoms with Gasteiger partial charge in [-0.1, -0.05) is 47.5 Å². The van der Waals surface area contributed by atoms with Crippen LogP contribution in [0.15, 0.2) is 114 Å². The average molecular weight is 912 g/mol. The molecule has 64 heavy (non-hydrogen) atoms. The molecule has 5 aromatic heterocycles. The lowest BCUT2D eigenvalue weighted by molar-refractivity contribution is -0.134. The van der Waals surface area contributed by atoms with Gasteiger partial charge in [-0.3, -0.25) is 29.5 Å². The number of aryl methyl sites for hydroxylation is 2. The summed E-state index contributed by atoms with van der Waals surface area (Å²) < 4.78 is 37.7. The normalized spacial score (nSPS) is 10.7. The minimum atomic E-state index is -0.833. The molecule has 0 aliphatic carbocycles. The molecule has 0 spiro atoms. The first-order valence-electron chi connectivity index (χ1n) is 19.0. The highest BCUT2D eigenvalue weighted by molar-refractivity contribution is 6.31. The summed E-state index contributed by atoms with van der Waals surface area (Å²) in [6.45, 7) is 2.98. The molecule has 20 heteroatoms. The second kappa shape index (κ2) is 19.6. The molecule has 9 aromatic rings. The second-order valence-corrected chi connectivity index (χ2v) is 14.6. The number of H-pyrrole nitrogens is 1. The van der Waals surface area contributed by atoms with Crippen LogP contribution in [0, 0.1) is 11.6 Å². The number of ether oxygens (including phenoxy) is 1. The fourth-order valence-electron chi connectivity index (χ4n) is 6.57. The monoisotopic (exact) mass is 910 g/mol. The number of hydrogen-bond donors (Lipinski definition) is 4. The van der Waals surface area contributed by atoms with Gasteiger partial charge in [-0.25, -0.2) is 28.2 Å². The molecule has 0 aliphatic heterocycles. The van der Waals surface area contributed by atoms with E-state index < -0.39 is 23.6 Å². The topological polar surface area (TPSA) is 218 Å². The van der Waals surface area contributed by atoms with Crippen molar-refractivity contribution in [2.45, 2.75) is 13.8 Å². The largest absolute Gasteiger partial charge is 0.481 e. The Labute approximate surface area is 371 Å². The number of carbonyl (C=O) groups excluding carboxylic acids is 1. The molecule has 0 saturated heterocycles. The number of nitrogens with zero attached hydrogens (tertiary/aromatic N) is 7. The van der Waals surface area contributed by atoms with Crippen LogP contribution in [-0.4, -0.2) is 68.4 Å². The van der Waals surface area contributed by atoms with Gasteiger partial charge in [0.15, 0.2) is 11.3 Å². The predicted octanol–water partition coefficient (Wildman–Crippen LogP) is 8.37. The van der Waals surface area contributed by atoms with Gasteiger partial charge >= 0.3 is 5.97 Å². The number of carboxylic acid groups (broad SMARTS) is 1. The highest BCUT2D eigenvalue weighted by Gasteiger charge is 2.26. The molecule has 16 nitrogen and oxygen atoms in total. The zero-order chi connectivity index (χ0) is 44.9. The number of fused-ring (bicyclic) bond motifs is 4. The smallest absolute Gasteiger partial charge is 0.342 e. The fraction of sp³-hybridized carbons (Fsp3) is 0.114. The lowest BCUT2D eigenvalue weighted by Gasteiger charge is -2.17. The van der Waals surface area contributed by atoms with Gasteiger partial charge in [0.25, 0.3) is 11.5 Å². The van der Waals surface area contributed by atoms with E-state index in [1.807, 2.05) is 0 Å². The number of carbonyl (C=O) groups is 2. The van der Waals surface area contributed by atoms with Gasteiger partial charge in [0.05, 0.1) is 69.1 Å². The SMILES string of the molecule is CC(=O)O.CCOC(=O)c1c(-c2cccc(F)c2)nc2c(cnn2C)c1NNc1ccc(Cl)cc1.Cn1ncc2c3[nH]n(-c4ccc(Cl)cc4)c(=O)c3c(-c3cccc(F)c3)nc21.O. The van der Waals surface area contributed by atoms with E-state index in [2.05, 4.69) is 36.1 Å². The van der Waals surface area contributed by atoms with E-state index in [4.69, 9.17) is 37.8 Å². The number of aromatic nitrogens is 8. The quantitative estimate of drug-likeness (QED) is 0.0838. The molecule has 4 aromatic carbocycles. The molecule has 328 valence electrons. The van der Waals surface area contributed by atoms with Crippen molar-refractivity contribution < 1.29 is 33.7 Å². The van der Waals surface area contributed by atoms with Crippen molar-refractivity contribution in [1.82, 2.24) is 39.3 Å². The molecular formula is C44H38Cl2F2N10O6. The molecule has 0 saturated carbocycles. The summed E-state index contributed by atoms with van der Waals surface area (Å²) in [5.74, 6) is -2.25. The maximum atomic E-state index is 14.0. The molecule has 9 rings (SSSR count). The van der Waals surface area contributed by atoms with Crippen molar-refractivity contribution in [1.29, 1.82) is 0 Å². The van der Waals surface area contributed by atoms with Crippen LogP contribution in [0.25, 0.3) is 61.2 Å². The van der Waals surface area contributed by atoms with Gasteiger partial charge < -0.3 is 20.7 Å². The van der Waals surface area contributed by atoms with E-state index in [0.29, 0.717) is 71.2 Å². The number of aliphatic carboxylic acids is 1. The number of hydrazine groups is 1. The summed E-state index contributed by atoms with van der Waals surface area (Å²) in [6.07, 6.45) is 3.26. The molecule has 0 amide bonds. The minimum absolute atomic E-state index is 0. The number of halogens is 4. The molecule has 6 N–H and O–H groups in total. The van der Waals surface area contributed by atoms with Crippen LogP contribution in [0.3, 0.4) is 0 Å². The Morgan fingerprint density at radius 1 is 0.781 bits per heavy atom. The number of pyridine rings is 2. The number of hydrogen-bond acceptors (Lipinski definition) is 10. The Hall–Kier alpha value is -7.67. The van der Waals surface area contributed by atoms with Crippen LogP contribution < -0.4 is 16.4 Å². The zero-order valence-electron chi connectivity index (χ0n) is 34.3. The molecule has 0 atom stereocenters. The van der Waals surface area contributed by atoms with Gasteiger partial charge in [0.1, 0.15) is 17.2 Å². The molecule has 0 fully saturated rings. The van der Waals surface area contributed by atoms with Crippen LogP contribution in [0.4, 0.5) is 20.2 Å². The standard InChI is InChI=1S/C22H19ClFN5O2.C20H13ClFN5O.C2H4O2.H2O/c1-3-31-22(30)18-19(13-5-4-6-15(24)11-13)26-21-17(12-25-29(21)2)20(18)28-27-16-9-7-14(23)8-10-16;1-26-19-15(10-23-26)18-16(17(24-19)11-3-2-4-13(22)9-11)20(28)27(25-18)14-7-5-12(21)6-8-14;1-2(3)4;/h4-12,27H,3H2,1-2H3,(H,26,28);2-10,25H,1H3;1H3,(H,3,4);1H2.